The smallest absolute Gasteiger partial charge is 0.290 e. The Hall–Kier alpha value is -2.37. The highest BCUT2D eigenvalue weighted by atomic mass is 32.2. The SMILES string of the molecule is CN(C)S(=O)(=O)C[C@@H]1COC[C@H]1n1ccnc1-c1cnc(C(C)(C)C)nc1.O=CO. The predicted octanol–water partition coefficient (Wildman–Crippen LogP) is 1.42. The van der Waals surface area contributed by atoms with Crippen LogP contribution in [0.5, 0.6) is 0 Å². The van der Waals surface area contributed by atoms with E-state index in [1.54, 1.807) is 32.7 Å². The van der Waals surface area contributed by atoms with Crippen molar-refractivity contribution in [3.05, 3.63) is 30.6 Å². The van der Waals surface area contributed by atoms with Crippen LogP contribution in [0, 0.1) is 5.92 Å². The largest absolute Gasteiger partial charge is 0.483 e. The molecule has 3 rings (SSSR count). The number of nitrogens with zero attached hydrogens (tertiary/aromatic N) is 5. The molecule has 0 unspecified atom stereocenters. The van der Waals surface area contributed by atoms with E-state index in [0.717, 1.165) is 17.2 Å². The van der Waals surface area contributed by atoms with Crippen LogP contribution in [0.2, 0.25) is 0 Å². The van der Waals surface area contributed by atoms with Crippen LogP contribution in [0.15, 0.2) is 24.8 Å². The van der Waals surface area contributed by atoms with Crippen molar-refractivity contribution in [3.8, 4) is 11.4 Å². The van der Waals surface area contributed by atoms with Gasteiger partial charge in [0.2, 0.25) is 10.0 Å². The Kier molecular flexibility index (Phi) is 7.67. The van der Waals surface area contributed by atoms with Crippen molar-refractivity contribution < 1.29 is 23.1 Å². The number of rotatable bonds is 5. The zero-order valence-corrected chi connectivity index (χ0v) is 18.7. The minimum absolute atomic E-state index is 0.0434. The van der Waals surface area contributed by atoms with Crippen LogP contribution in [0.25, 0.3) is 11.4 Å². The molecule has 0 bridgehead atoms. The second-order valence-corrected chi connectivity index (χ2v) is 10.5. The minimum Gasteiger partial charge on any atom is -0.483 e. The lowest BCUT2D eigenvalue weighted by atomic mass is 9.96. The maximum Gasteiger partial charge on any atom is 0.290 e. The molecule has 0 spiro atoms. The average Bonchev–Trinajstić information content (AvgIpc) is 3.30. The molecule has 166 valence electrons. The summed E-state index contributed by atoms with van der Waals surface area (Å²) in [6.45, 7) is 6.81. The first kappa shape index (κ1) is 23.9. The molecule has 30 heavy (non-hydrogen) atoms. The molecule has 11 heteroatoms. The van der Waals surface area contributed by atoms with Gasteiger partial charge in [0.1, 0.15) is 11.6 Å². The highest BCUT2D eigenvalue weighted by Gasteiger charge is 2.35. The molecular weight excluding hydrogens is 410 g/mol. The molecular formula is C19H29N5O5S. The molecule has 2 aromatic rings. The summed E-state index contributed by atoms with van der Waals surface area (Å²) in [5.74, 6) is 1.39. The Balaban J connectivity index is 0.00000101. The summed E-state index contributed by atoms with van der Waals surface area (Å²) in [7, 11) is -0.205. The molecule has 1 aliphatic heterocycles. The van der Waals surface area contributed by atoms with Gasteiger partial charge in [-0.2, -0.15) is 0 Å². The van der Waals surface area contributed by atoms with Gasteiger partial charge in [-0.25, -0.2) is 27.7 Å². The van der Waals surface area contributed by atoms with Crippen LogP contribution in [0.1, 0.15) is 32.6 Å². The minimum atomic E-state index is -3.31. The third kappa shape index (κ3) is 5.61. The van der Waals surface area contributed by atoms with Crippen LogP contribution >= 0.6 is 0 Å². The lowest BCUT2D eigenvalue weighted by Gasteiger charge is -2.22. The van der Waals surface area contributed by atoms with Gasteiger partial charge in [0.25, 0.3) is 6.47 Å². The van der Waals surface area contributed by atoms with E-state index in [4.69, 9.17) is 14.6 Å². The van der Waals surface area contributed by atoms with Crippen LogP contribution in [0.3, 0.4) is 0 Å². The van der Waals surface area contributed by atoms with Gasteiger partial charge < -0.3 is 14.4 Å². The molecule has 10 nitrogen and oxygen atoms in total. The fourth-order valence-corrected chi connectivity index (χ4v) is 4.27. The van der Waals surface area contributed by atoms with E-state index < -0.39 is 10.0 Å². The fourth-order valence-electron chi connectivity index (χ4n) is 3.11. The Morgan fingerprint density at radius 2 is 1.83 bits per heavy atom. The average molecular weight is 440 g/mol. The molecule has 1 aliphatic rings. The molecule has 0 saturated carbocycles. The molecule has 2 aromatic heterocycles. The molecule has 1 N–H and O–H groups in total. The van der Waals surface area contributed by atoms with Crippen LogP contribution in [-0.2, 0) is 25.0 Å². The van der Waals surface area contributed by atoms with E-state index in [0.29, 0.717) is 13.2 Å². The Bertz CT molecular complexity index is 935. The fraction of sp³-hybridized carbons (Fsp3) is 0.579. The standard InChI is InChI=1S/C18H27N5O3S.CH2O2/c1-18(2,3)17-20-8-13(9-21-17)16-19-6-7-23(16)15-11-26-10-14(15)12-27(24,25)22(4)5;2-1-3/h6-9,14-15H,10-12H2,1-5H3;1H,(H,2,3)/t14-,15+;/m0./s1. The predicted molar refractivity (Wildman–Crippen MR) is 111 cm³/mol. The van der Waals surface area contributed by atoms with E-state index >= 15 is 0 Å². The second-order valence-electron chi connectivity index (χ2n) is 8.23. The first-order chi connectivity index (χ1) is 14.0. The quantitative estimate of drug-likeness (QED) is 0.693. The Labute approximate surface area is 177 Å². The van der Waals surface area contributed by atoms with Crippen molar-refractivity contribution in [2.45, 2.75) is 32.2 Å². The van der Waals surface area contributed by atoms with Crippen molar-refractivity contribution in [1.29, 1.82) is 0 Å². The number of hydrogen-bond donors (Lipinski definition) is 1. The second kappa shape index (κ2) is 9.63. The monoisotopic (exact) mass is 439 g/mol. The Morgan fingerprint density at radius 1 is 1.23 bits per heavy atom. The van der Waals surface area contributed by atoms with E-state index in [9.17, 15) is 8.42 Å². The molecule has 0 aliphatic carbocycles. The summed E-state index contributed by atoms with van der Waals surface area (Å²) in [6, 6.07) is -0.0977. The zero-order valence-electron chi connectivity index (χ0n) is 17.9. The van der Waals surface area contributed by atoms with Crippen molar-refractivity contribution in [2.75, 3.05) is 33.1 Å². The van der Waals surface area contributed by atoms with Crippen molar-refractivity contribution in [1.82, 2.24) is 23.8 Å². The summed E-state index contributed by atoms with van der Waals surface area (Å²) >= 11 is 0. The number of ether oxygens (including phenoxy) is 1. The number of sulfonamides is 1. The first-order valence-electron chi connectivity index (χ1n) is 9.42. The molecule has 0 aromatic carbocycles. The number of carbonyl (C=O) groups is 1. The third-order valence-corrected chi connectivity index (χ3v) is 6.71. The molecule has 1 saturated heterocycles. The molecule has 2 atom stereocenters. The van der Waals surface area contributed by atoms with Gasteiger partial charge in [-0.1, -0.05) is 20.8 Å². The van der Waals surface area contributed by atoms with Gasteiger partial charge in [-0.3, -0.25) is 4.79 Å². The third-order valence-electron chi connectivity index (χ3n) is 4.75. The molecule has 0 amide bonds. The number of carboxylic acid groups (broad SMARTS) is 1. The van der Waals surface area contributed by atoms with Gasteiger partial charge in [0, 0.05) is 50.2 Å². The maximum absolute atomic E-state index is 12.3. The normalized spacial score (nSPS) is 19.4. The van der Waals surface area contributed by atoms with Crippen LogP contribution in [0.4, 0.5) is 0 Å². The van der Waals surface area contributed by atoms with Crippen molar-refractivity contribution >= 4 is 16.5 Å². The molecule has 3 heterocycles. The van der Waals surface area contributed by atoms with E-state index in [1.165, 1.54) is 4.31 Å². The van der Waals surface area contributed by atoms with Crippen LogP contribution in [-0.4, -0.2) is 76.9 Å². The lowest BCUT2D eigenvalue weighted by molar-refractivity contribution is -0.122. The topological polar surface area (TPSA) is 128 Å². The van der Waals surface area contributed by atoms with Crippen molar-refractivity contribution in [3.63, 3.8) is 0 Å². The zero-order chi connectivity index (χ0) is 22.5. The maximum atomic E-state index is 12.3. The van der Waals surface area contributed by atoms with Gasteiger partial charge in [0.15, 0.2) is 0 Å². The molecule has 0 radical (unpaired) electrons. The summed E-state index contributed by atoms with van der Waals surface area (Å²) < 4.78 is 33.5. The van der Waals surface area contributed by atoms with Gasteiger partial charge in [-0.15, -0.1) is 0 Å². The highest BCUT2D eigenvalue weighted by molar-refractivity contribution is 7.89. The lowest BCUT2D eigenvalue weighted by Crippen LogP contribution is -2.32. The van der Waals surface area contributed by atoms with E-state index in [1.807, 2.05) is 10.8 Å². The van der Waals surface area contributed by atoms with E-state index in [-0.39, 0.29) is 29.6 Å². The highest BCUT2D eigenvalue weighted by Crippen LogP contribution is 2.31. The summed E-state index contributed by atoms with van der Waals surface area (Å²) in [4.78, 5) is 21.8. The molecule has 1 fully saturated rings. The van der Waals surface area contributed by atoms with Crippen LogP contribution < -0.4 is 0 Å². The summed E-state index contributed by atoms with van der Waals surface area (Å²) in [5.41, 5.74) is 0.674. The number of aromatic nitrogens is 4. The van der Waals surface area contributed by atoms with Crippen molar-refractivity contribution in [2.24, 2.45) is 5.92 Å². The van der Waals surface area contributed by atoms with E-state index in [2.05, 4.69) is 35.7 Å². The summed E-state index contributed by atoms with van der Waals surface area (Å²) in [5, 5.41) is 6.89. The van der Waals surface area contributed by atoms with Gasteiger partial charge in [0.05, 0.1) is 30.6 Å². The van der Waals surface area contributed by atoms with Gasteiger partial charge >= 0.3 is 0 Å². The first-order valence-corrected chi connectivity index (χ1v) is 11.0. The summed E-state index contributed by atoms with van der Waals surface area (Å²) in [6.07, 6.45) is 7.12. The number of hydrogen-bond acceptors (Lipinski definition) is 7. The Morgan fingerprint density at radius 3 is 2.37 bits per heavy atom. The van der Waals surface area contributed by atoms with Gasteiger partial charge in [-0.05, 0) is 0 Å². The number of imidazole rings is 1.